The highest BCUT2D eigenvalue weighted by atomic mass is 35.5. The van der Waals surface area contributed by atoms with Crippen LogP contribution in [0.4, 0.5) is 4.39 Å². The number of carbonyl (C=O) groups excluding carboxylic acids is 3. The van der Waals surface area contributed by atoms with Crippen LogP contribution in [0.1, 0.15) is 49.1 Å². The van der Waals surface area contributed by atoms with Gasteiger partial charge in [-0.1, -0.05) is 48.0 Å². The van der Waals surface area contributed by atoms with Crippen molar-refractivity contribution in [3.05, 3.63) is 76.6 Å². The number of amides is 2. The van der Waals surface area contributed by atoms with E-state index < -0.39 is 29.7 Å². The second kappa shape index (κ2) is 11.5. The Bertz CT molecular complexity index is 1210. The number of hydrogen-bond donors (Lipinski definition) is 1. The number of Topliss-reactive ketones (excluding diaryl/α,β-unsaturated/α-hetero) is 1. The van der Waals surface area contributed by atoms with Gasteiger partial charge in [-0.25, -0.2) is 4.39 Å². The van der Waals surface area contributed by atoms with E-state index >= 15 is 0 Å². The van der Waals surface area contributed by atoms with Crippen LogP contribution in [0.5, 0.6) is 0 Å². The van der Waals surface area contributed by atoms with E-state index in [1.54, 1.807) is 0 Å². The van der Waals surface area contributed by atoms with Gasteiger partial charge < -0.3 is 10.2 Å². The van der Waals surface area contributed by atoms with Crippen molar-refractivity contribution in [2.24, 2.45) is 5.92 Å². The maximum atomic E-state index is 14.2. The molecule has 1 N–H and O–H groups in total. The number of nitriles is 1. The number of rotatable bonds is 7. The lowest BCUT2D eigenvalue weighted by atomic mass is 9.95. The molecular weight excluding hydrogens is 481 g/mol. The van der Waals surface area contributed by atoms with Crippen molar-refractivity contribution < 1.29 is 18.8 Å². The van der Waals surface area contributed by atoms with Gasteiger partial charge in [-0.2, -0.15) is 5.26 Å². The van der Waals surface area contributed by atoms with Crippen LogP contribution >= 0.6 is 11.6 Å². The smallest absolute Gasteiger partial charge is 0.247 e. The number of halogens is 2. The van der Waals surface area contributed by atoms with Crippen molar-refractivity contribution in [3.8, 4) is 6.07 Å². The van der Waals surface area contributed by atoms with Gasteiger partial charge in [0, 0.05) is 41.5 Å². The summed E-state index contributed by atoms with van der Waals surface area (Å²) in [6, 6.07) is 14.3. The average Bonchev–Trinajstić information content (AvgIpc) is 3.50. The molecule has 0 aromatic heterocycles. The van der Waals surface area contributed by atoms with E-state index in [1.807, 2.05) is 30.3 Å². The fourth-order valence-electron chi connectivity index (χ4n) is 5.02. The second-order valence-electron chi connectivity index (χ2n) is 9.33. The average molecular weight is 508 g/mol. The summed E-state index contributed by atoms with van der Waals surface area (Å²) in [5.74, 6) is -1.56. The third-order valence-electron chi connectivity index (χ3n) is 6.95. The molecule has 2 aromatic carbocycles. The molecule has 1 saturated heterocycles. The normalized spacial score (nSPS) is 22.5. The quantitative estimate of drug-likeness (QED) is 0.552. The van der Waals surface area contributed by atoms with Crippen LogP contribution in [0.25, 0.3) is 6.08 Å². The molecule has 186 valence electrons. The Morgan fingerprint density at radius 3 is 2.69 bits per heavy atom. The van der Waals surface area contributed by atoms with Crippen LogP contribution in [0.15, 0.2) is 54.6 Å². The van der Waals surface area contributed by atoms with Crippen molar-refractivity contribution in [1.82, 2.24) is 10.2 Å². The molecule has 2 amide bonds. The number of nitrogens with zero attached hydrogens (tertiary/aromatic N) is 2. The topological polar surface area (TPSA) is 90.3 Å². The highest BCUT2D eigenvalue weighted by molar-refractivity contribution is 6.30. The Morgan fingerprint density at radius 2 is 2.03 bits per heavy atom. The van der Waals surface area contributed by atoms with Crippen molar-refractivity contribution in [2.45, 2.75) is 50.1 Å². The Morgan fingerprint density at radius 1 is 1.25 bits per heavy atom. The molecule has 4 atom stereocenters. The van der Waals surface area contributed by atoms with E-state index in [9.17, 15) is 24.0 Å². The standard InChI is InChI=1S/C28H27ClFN3O3/c29-22-11-9-19(24(30)15-22)10-12-27(35)33-17-21(18-5-2-1-3-6-18)14-25(33)28(36)32-23(16-31)13-20-7-4-8-26(20)34/h1-3,5-6,9-12,15,20-21,23,25H,4,7-8,13-14,17H2,(H,32,36)/b12-10+. The zero-order chi connectivity index (χ0) is 25.7. The summed E-state index contributed by atoms with van der Waals surface area (Å²) in [5.41, 5.74) is 1.21. The first-order valence-electron chi connectivity index (χ1n) is 12.1. The molecule has 1 heterocycles. The zero-order valence-corrected chi connectivity index (χ0v) is 20.5. The lowest BCUT2D eigenvalue weighted by molar-refractivity contribution is -0.135. The third-order valence-corrected chi connectivity index (χ3v) is 7.18. The minimum atomic E-state index is -0.809. The molecule has 8 heteroatoms. The number of benzene rings is 2. The summed E-state index contributed by atoms with van der Waals surface area (Å²) < 4.78 is 14.2. The summed E-state index contributed by atoms with van der Waals surface area (Å²) in [6.45, 7) is 0.312. The largest absolute Gasteiger partial charge is 0.339 e. The molecule has 1 aliphatic carbocycles. The van der Waals surface area contributed by atoms with Gasteiger partial charge in [-0.05, 0) is 49.5 Å². The molecular formula is C28H27ClFN3O3. The van der Waals surface area contributed by atoms with E-state index in [1.165, 1.54) is 35.3 Å². The van der Waals surface area contributed by atoms with Crippen molar-refractivity contribution in [3.63, 3.8) is 0 Å². The van der Waals surface area contributed by atoms with E-state index in [2.05, 4.69) is 11.4 Å². The molecule has 0 radical (unpaired) electrons. The van der Waals surface area contributed by atoms with E-state index in [4.69, 9.17) is 11.6 Å². The molecule has 0 spiro atoms. The van der Waals surface area contributed by atoms with E-state index in [-0.39, 0.29) is 34.6 Å². The predicted octanol–water partition coefficient (Wildman–Crippen LogP) is 4.64. The molecule has 2 aromatic rings. The fourth-order valence-corrected chi connectivity index (χ4v) is 5.18. The Labute approximate surface area is 214 Å². The number of hydrogen-bond acceptors (Lipinski definition) is 4. The van der Waals surface area contributed by atoms with Gasteiger partial charge in [0.2, 0.25) is 11.8 Å². The van der Waals surface area contributed by atoms with Gasteiger partial charge in [0.15, 0.2) is 0 Å². The molecule has 4 unspecified atom stereocenters. The van der Waals surface area contributed by atoms with Crippen LogP contribution in [-0.2, 0) is 14.4 Å². The van der Waals surface area contributed by atoms with Crippen molar-refractivity contribution in [2.75, 3.05) is 6.54 Å². The number of ketones is 1. The summed E-state index contributed by atoms with van der Waals surface area (Å²) in [4.78, 5) is 39.9. The maximum absolute atomic E-state index is 14.2. The Balaban J connectivity index is 1.51. The van der Waals surface area contributed by atoms with Crippen LogP contribution in [0.2, 0.25) is 5.02 Å². The summed E-state index contributed by atoms with van der Waals surface area (Å²) >= 11 is 5.80. The SMILES string of the molecule is N#CC(CC1CCCC1=O)NC(=O)C1CC(c2ccccc2)CN1C(=O)/C=C/c1ccc(Cl)cc1F. The van der Waals surface area contributed by atoms with Crippen LogP contribution in [0.3, 0.4) is 0 Å². The minimum Gasteiger partial charge on any atom is -0.339 e. The van der Waals surface area contributed by atoms with E-state index in [0.29, 0.717) is 19.4 Å². The van der Waals surface area contributed by atoms with Crippen molar-refractivity contribution in [1.29, 1.82) is 5.26 Å². The highest BCUT2D eigenvalue weighted by Crippen LogP contribution is 2.33. The lowest BCUT2D eigenvalue weighted by Gasteiger charge is -2.24. The number of carbonyl (C=O) groups is 3. The third kappa shape index (κ3) is 6.00. The first-order valence-corrected chi connectivity index (χ1v) is 12.4. The highest BCUT2D eigenvalue weighted by Gasteiger charge is 2.40. The predicted molar refractivity (Wildman–Crippen MR) is 134 cm³/mol. The maximum Gasteiger partial charge on any atom is 0.247 e. The van der Waals surface area contributed by atoms with Gasteiger partial charge in [-0.3, -0.25) is 14.4 Å². The molecule has 6 nitrogen and oxygen atoms in total. The Hall–Kier alpha value is -3.50. The number of likely N-dealkylation sites (tertiary alicyclic amines) is 1. The zero-order valence-electron chi connectivity index (χ0n) is 19.7. The van der Waals surface area contributed by atoms with Crippen molar-refractivity contribution >= 4 is 35.3 Å². The van der Waals surface area contributed by atoms with Crippen LogP contribution < -0.4 is 5.32 Å². The summed E-state index contributed by atoms with van der Waals surface area (Å²) in [6.07, 6.45) is 5.33. The monoisotopic (exact) mass is 507 g/mol. The fraction of sp³-hybridized carbons (Fsp3) is 0.357. The molecule has 2 aliphatic rings. The van der Waals surface area contributed by atoms with E-state index in [0.717, 1.165) is 18.4 Å². The van der Waals surface area contributed by atoms with Gasteiger partial charge in [0.25, 0.3) is 0 Å². The Kier molecular flexibility index (Phi) is 8.17. The van der Waals surface area contributed by atoms with Crippen LogP contribution in [-0.4, -0.2) is 41.1 Å². The molecule has 2 fully saturated rings. The van der Waals surface area contributed by atoms with Gasteiger partial charge in [0.05, 0.1) is 6.07 Å². The molecule has 36 heavy (non-hydrogen) atoms. The van der Waals surface area contributed by atoms with Gasteiger partial charge >= 0.3 is 0 Å². The summed E-state index contributed by atoms with van der Waals surface area (Å²) in [5, 5.41) is 12.6. The molecule has 1 aliphatic heterocycles. The van der Waals surface area contributed by atoms with Gasteiger partial charge in [0.1, 0.15) is 23.7 Å². The second-order valence-corrected chi connectivity index (χ2v) is 9.77. The minimum absolute atomic E-state index is 0.0662. The number of nitrogens with one attached hydrogen (secondary N) is 1. The first kappa shape index (κ1) is 25.6. The molecule has 0 bridgehead atoms. The molecule has 4 rings (SSSR count). The first-order chi connectivity index (χ1) is 17.4. The summed E-state index contributed by atoms with van der Waals surface area (Å²) in [7, 11) is 0. The molecule has 1 saturated carbocycles. The van der Waals surface area contributed by atoms with Crippen LogP contribution in [0, 0.1) is 23.1 Å². The lowest BCUT2D eigenvalue weighted by Crippen LogP contribution is -2.48. The van der Waals surface area contributed by atoms with Gasteiger partial charge in [-0.15, -0.1) is 0 Å².